The average molecular weight is 438 g/mol. The third-order valence-electron chi connectivity index (χ3n) is 4.97. The van der Waals surface area contributed by atoms with Crippen molar-refractivity contribution in [3.63, 3.8) is 0 Å². The van der Waals surface area contributed by atoms with Crippen LogP contribution in [0.1, 0.15) is 16.7 Å². The van der Waals surface area contributed by atoms with Crippen LogP contribution in [0.2, 0.25) is 0 Å². The molecule has 3 aromatic rings. The molecule has 0 bridgehead atoms. The summed E-state index contributed by atoms with van der Waals surface area (Å²) in [5.41, 5.74) is 0.900. The van der Waals surface area contributed by atoms with E-state index >= 15 is 0 Å². The minimum atomic E-state index is -1.19. The predicted molar refractivity (Wildman–Crippen MR) is 115 cm³/mol. The molecule has 1 heterocycles. The summed E-state index contributed by atoms with van der Waals surface area (Å²) in [6, 6.07) is 12.0. The van der Waals surface area contributed by atoms with Gasteiger partial charge in [0.25, 0.3) is 0 Å². The van der Waals surface area contributed by atoms with Gasteiger partial charge in [-0.05, 0) is 30.2 Å². The number of rotatable bonds is 8. The lowest BCUT2D eigenvalue weighted by molar-refractivity contribution is -0.141. The van der Waals surface area contributed by atoms with E-state index < -0.39 is 36.0 Å². The molecule has 32 heavy (non-hydrogen) atoms. The first kappa shape index (κ1) is 22.5. The number of hydrogen-bond donors (Lipinski definition) is 4. The lowest BCUT2D eigenvalue weighted by atomic mass is 10.0. The summed E-state index contributed by atoms with van der Waals surface area (Å²) < 4.78 is 5.18. The molecule has 2 amide bonds. The van der Waals surface area contributed by atoms with Crippen molar-refractivity contribution in [2.45, 2.75) is 25.8 Å². The van der Waals surface area contributed by atoms with Gasteiger partial charge in [0, 0.05) is 17.9 Å². The zero-order valence-corrected chi connectivity index (χ0v) is 17.3. The quantitative estimate of drug-likeness (QED) is 0.388. The lowest BCUT2D eigenvalue weighted by Crippen LogP contribution is -2.46. The van der Waals surface area contributed by atoms with Crippen LogP contribution in [0.3, 0.4) is 0 Å². The molecule has 9 heteroatoms. The number of hydrogen-bond acceptors (Lipinski definition) is 6. The molecule has 0 radical (unpaired) electrons. The fourth-order valence-corrected chi connectivity index (χ4v) is 3.28. The summed E-state index contributed by atoms with van der Waals surface area (Å²) in [7, 11) is 0. The molecular formula is C23H22N2O7. The fourth-order valence-electron chi connectivity index (χ4n) is 3.28. The maximum absolute atomic E-state index is 12.3. The van der Waals surface area contributed by atoms with Gasteiger partial charge in [0.1, 0.15) is 17.4 Å². The molecule has 0 spiro atoms. The van der Waals surface area contributed by atoms with E-state index in [9.17, 15) is 29.4 Å². The zero-order chi connectivity index (χ0) is 23.3. The number of amides is 2. The monoisotopic (exact) mass is 438 g/mol. The maximum atomic E-state index is 12.3. The van der Waals surface area contributed by atoms with E-state index in [0.29, 0.717) is 10.9 Å². The molecule has 2 aromatic carbocycles. The van der Waals surface area contributed by atoms with E-state index in [-0.39, 0.29) is 29.7 Å². The van der Waals surface area contributed by atoms with Crippen LogP contribution in [0, 0.1) is 6.92 Å². The van der Waals surface area contributed by atoms with Crippen molar-refractivity contribution in [2.75, 3.05) is 6.54 Å². The molecule has 9 nitrogen and oxygen atoms in total. The summed E-state index contributed by atoms with van der Waals surface area (Å²) in [6.45, 7) is 1.22. The molecule has 0 unspecified atom stereocenters. The number of fused-ring (bicyclic) bond motifs is 1. The van der Waals surface area contributed by atoms with Crippen molar-refractivity contribution in [3.8, 4) is 5.75 Å². The van der Waals surface area contributed by atoms with Gasteiger partial charge in [-0.3, -0.25) is 9.59 Å². The minimum Gasteiger partial charge on any atom is -0.508 e. The molecule has 0 aliphatic heterocycles. The van der Waals surface area contributed by atoms with Crippen LogP contribution in [0.25, 0.3) is 11.0 Å². The van der Waals surface area contributed by atoms with Gasteiger partial charge in [-0.25, -0.2) is 9.59 Å². The van der Waals surface area contributed by atoms with Crippen LogP contribution in [-0.2, 0) is 27.2 Å². The molecule has 0 saturated carbocycles. The second-order valence-corrected chi connectivity index (χ2v) is 7.28. The van der Waals surface area contributed by atoms with E-state index in [1.807, 2.05) is 0 Å². The summed E-state index contributed by atoms with van der Waals surface area (Å²) in [5, 5.41) is 24.2. The third kappa shape index (κ3) is 5.51. The van der Waals surface area contributed by atoms with Crippen LogP contribution in [0.4, 0.5) is 0 Å². The van der Waals surface area contributed by atoms with Crippen LogP contribution in [0.15, 0.2) is 57.7 Å². The number of aryl methyl sites for hydroxylation is 1. The standard InChI is InChI=1S/C23H22N2O7/c1-13-16-8-7-15(26)10-19(16)32-23(31)17(13)11-20(27)24-12-21(28)25-18(22(29)30)9-14-5-3-2-4-6-14/h2-8,10,18,26H,9,11-12H2,1H3,(H,24,27)(H,25,28)(H,29,30)/t18-/m1/s1. The highest BCUT2D eigenvalue weighted by atomic mass is 16.4. The molecule has 0 aliphatic carbocycles. The highest BCUT2D eigenvalue weighted by Crippen LogP contribution is 2.23. The Balaban J connectivity index is 1.60. The van der Waals surface area contributed by atoms with Gasteiger partial charge in [0.05, 0.1) is 18.5 Å². The fraction of sp³-hybridized carbons (Fsp3) is 0.217. The number of nitrogens with one attached hydrogen (secondary N) is 2. The molecule has 1 aromatic heterocycles. The summed E-state index contributed by atoms with van der Waals surface area (Å²) in [4.78, 5) is 48.2. The van der Waals surface area contributed by atoms with Crippen molar-refractivity contribution in [1.82, 2.24) is 10.6 Å². The second-order valence-electron chi connectivity index (χ2n) is 7.28. The van der Waals surface area contributed by atoms with Gasteiger partial charge in [-0.2, -0.15) is 0 Å². The molecule has 3 rings (SSSR count). The number of phenolic OH excluding ortho intramolecular Hbond substituents is 1. The minimum absolute atomic E-state index is 0.0523. The normalized spacial score (nSPS) is 11.7. The predicted octanol–water partition coefficient (Wildman–Crippen LogP) is 1.28. The van der Waals surface area contributed by atoms with Gasteiger partial charge in [-0.15, -0.1) is 0 Å². The Morgan fingerprint density at radius 2 is 1.78 bits per heavy atom. The first-order valence-corrected chi connectivity index (χ1v) is 9.82. The smallest absolute Gasteiger partial charge is 0.340 e. The number of carboxylic acids is 1. The molecule has 166 valence electrons. The Morgan fingerprint density at radius 3 is 2.47 bits per heavy atom. The molecule has 4 N–H and O–H groups in total. The number of aliphatic carboxylic acids is 1. The Labute approximate surface area is 182 Å². The molecule has 0 fully saturated rings. The van der Waals surface area contributed by atoms with Crippen molar-refractivity contribution in [1.29, 1.82) is 0 Å². The summed E-state index contributed by atoms with van der Waals surface area (Å²) in [6.07, 6.45) is -0.215. The van der Waals surface area contributed by atoms with Gasteiger partial charge in [-0.1, -0.05) is 30.3 Å². The largest absolute Gasteiger partial charge is 0.508 e. The van der Waals surface area contributed by atoms with Crippen molar-refractivity contribution in [3.05, 3.63) is 75.6 Å². The van der Waals surface area contributed by atoms with Crippen molar-refractivity contribution >= 4 is 28.8 Å². The van der Waals surface area contributed by atoms with Gasteiger partial charge in [0.15, 0.2) is 0 Å². The highest BCUT2D eigenvalue weighted by molar-refractivity contribution is 5.89. The lowest BCUT2D eigenvalue weighted by Gasteiger charge is -2.15. The molecule has 1 atom stereocenters. The number of carbonyl (C=O) groups excluding carboxylic acids is 2. The van der Waals surface area contributed by atoms with Crippen molar-refractivity contribution in [2.24, 2.45) is 0 Å². The number of benzene rings is 2. The summed E-state index contributed by atoms with van der Waals surface area (Å²) in [5.74, 6) is -2.50. The molecule has 0 saturated heterocycles. The van der Waals surface area contributed by atoms with E-state index in [0.717, 1.165) is 5.56 Å². The third-order valence-corrected chi connectivity index (χ3v) is 4.97. The Hall–Kier alpha value is -4.14. The Bertz CT molecular complexity index is 1220. The number of aromatic hydroxyl groups is 1. The van der Waals surface area contributed by atoms with E-state index in [1.165, 1.54) is 12.1 Å². The second kappa shape index (κ2) is 9.78. The van der Waals surface area contributed by atoms with Crippen molar-refractivity contribution < 1.29 is 29.0 Å². The topological polar surface area (TPSA) is 146 Å². The SMILES string of the molecule is Cc1c(CC(=O)NCC(=O)N[C@H](Cc2ccccc2)C(=O)O)c(=O)oc2cc(O)ccc12. The average Bonchev–Trinajstić information content (AvgIpc) is 2.75. The van der Waals surface area contributed by atoms with Crippen LogP contribution >= 0.6 is 0 Å². The van der Waals surface area contributed by atoms with E-state index in [2.05, 4.69) is 10.6 Å². The Morgan fingerprint density at radius 1 is 1.06 bits per heavy atom. The van der Waals surface area contributed by atoms with Gasteiger partial charge < -0.3 is 25.3 Å². The van der Waals surface area contributed by atoms with E-state index in [4.69, 9.17) is 4.42 Å². The van der Waals surface area contributed by atoms with Gasteiger partial charge in [0.2, 0.25) is 11.8 Å². The van der Waals surface area contributed by atoms with E-state index in [1.54, 1.807) is 43.3 Å². The number of carbonyl (C=O) groups is 3. The number of carboxylic acid groups (broad SMARTS) is 1. The molecular weight excluding hydrogens is 416 g/mol. The van der Waals surface area contributed by atoms with Crippen LogP contribution < -0.4 is 16.3 Å². The zero-order valence-electron chi connectivity index (χ0n) is 17.3. The first-order valence-electron chi connectivity index (χ1n) is 9.82. The van der Waals surface area contributed by atoms with Gasteiger partial charge >= 0.3 is 11.6 Å². The molecule has 0 aliphatic rings. The highest BCUT2D eigenvalue weighted by Gasteiger charge is 2.21. The number of phenols is 1. The summed E-state index contributed by atoms with van der Waals surface area (Å²) >= 11 is 0. The van der Waals surface area contributed by atoms with Crippen LogP contribution in [-0.4, -0.2) is 40.6 Å². The first-order chi connectivity index (χ1) is 15.2. The maximum Gasteiger partial charge on any atom is 0.340 e. The van der Waals surface area contributed by atoms with Crippen LogP contribution in [0.5, 0.6) is 5.75 Å². The Kier molecular flexibility index (Phi) is 6.89.